The first-order valence-electron chi connectivity index (χ1n) is 7.53. The van der Waals surface area contributed by atoms with Crippen LogP contribution in [-0.4, -0.2) is 51.6 Å². The van der Waals surface area contributed by atoms with Gasteiger partial charge in [0.05, 0.1) is 12.8 Å². The second-order valence-electron chi connectivity index (χ2n) is 5.11. The van der Waals surface area contributed by atoms with E-state index in [2.05, 4.69) is 30.2 Å². The molecule has 0 spiro atoms. The van der Waals surface area contributed by atoms with Crippen LogP contribution in [-0.2, 0) is 0 Å². The van der Waals surface area contributed by atoms with E-state index in [0.717, 1.165) is 13.0 Å². The Morgan fingerprint density at radius 2 is 2.13 bits per heavy atom. The van der Waals surface area contributed by atoms with E-state index in [1.807, 2.05) is 6.92 Å². The van der Waals surface area contributed by atoms with Gasteiger partial charge in [-0.15, -0.1) is 0 Å². The molecular formula is C15H18N6O2. The third-order valence-electron chi connectivity index (χ3n) is 3.55. The Morgan fingerprint density at radius 1 is 1.30 bits per heavy atom. The SMILES string of the molecule is CCOc1nccnc1N1CC[C@@H](NC(=O)c2cnccn2)C1. The molecule has 120 valence electrons. The molecule has 1 saturated heterocycles. The Bertz CT molecular complexity index is 666. The lowest BCUT2D eigenvalue weighted by Gasteiger charge is -2.19. The molecule has 0 aromatic carbocycles. The van der Waals surface area contributed by atoms with Gasteiger partial charge in [-0.1, -0.05) is 0 Å². The maximum absolute atomic E-state index is 12.1. The zero-order valence-corrected chi connectivity index (χ0v) is 12.8. The summed E-state index contributed by atoms with van der Waals surface area (Å²) in [5.41, 5.74) is 0.320. The molecule has 1 aliphatic rings. The molecule has 3 heterocycles. The van der Waals surface area contributed by atoms with Crippen molar-refractivity contribution < 1.29 is 9.53 Å². The maximum Gasteiger partial charge on any atom is 0.271 e. The van der Waals surface area contributed by atoms with Gasteiger partial charge in [0.15, 0.2) is 5.82 Å². The Balaban J connectivity index is 1.64. The average molecular weight is 314 g/mol. The van der Waals surface area contributed by atoms with Gasteiger partial charge in [0.1, 0.15) is 5.69 Å². The summed E-state index contributed by atoms with van der Waals surface area (Å²) in [5.74, 6) is 1.02. The van der Waals surface area contributed by atoms with Crippen molar-refractivity contribution in [1.82, 2.24) is 25.3 Å². The number of nitrogens with one attached hydrogen (secondary N) is 1. The highest BCUT2D eigenvalue weighted by atomic mass is 16.5. The molecule has 0 unspecified atom stereocenters. The van der Waals surface area contributed by atoms with Gasteiger partial charge in [-0.05, 0) is 13.3 Å². The predicted molar refractivity (Wildman–Crippen MR) is 83.3 cm³/mol. The molecule has 3 rings (SSSR count). The number of amides is 1. The molecule has 1 fully saturated rings. The number of rotatable bonds is 5. The topological polar surface area (TPSA) is 93.1 Å². The number of carbonyl (C=O) groups is 1. The van der Waals surface area contributed by atoms with Crippen molar-refractivity contribution in [3.8, 4) is 5.88 Å². The van der Waals surface area contributed by atoms with E-state index in [9.17, 15) is 4.79 Å². The molecule has 1 amide bonds. The number of carbonyl (C=O) groups excluding carboxylic acids is 1. The predicted octanol–water partition coefficient (Wildman–Crippen LogP) is 0.674. The van der Waals surface area contributed by atoms with E-state index in [1.54, 1.807) is 12.4 Å². The molecule has 1 atom stereocenters. The van der Waals surface area contributed by atoms with Gasteiger partial charge in [0, 0.05) is 43.9 Å². The fraction of sp³-hybridized carbons (Fsp3) is 0.400. The molecular weight excluding hydrogens is 296 g/mol. The van der Waals surface area contributed by atoms with Crippen LogP contribution >= 0.6 is 0 Å². The van der Waals surface area contributed by atoms with Gasteiger partial charge in [0.2, 0.25) is 0 Å². The van der Waals surface area contributed by atoms with Crippen LogP contribution in [0.5, 0.6) is 5.88 Å². The van der Waals surface area contributed by atoms with Crippen molar-refractivity contribution >= 4 is 11.7 Å². The van der Waals surface area contributed by atoms with Crippen LogP contribution in [0.1, 0.15) is 23.8 Å². The lowest BCUT2D eigenvalue weighted by molar-refractivity contribution is 0.0935. The van der Waals surface area contributed by atoms with Crippen LogP contribution in [0.4, 0.5) is 5.82 Å². The molecule has 0 aliphatic carbocycles. The Labute approximate surface area is 134 Å². The molecule has 1 aliphatic heterocycles. The standard InChI is InChI=1S/C15H18N6O2/c1-2-23-15-13(18-6-7-19-15)21-8-3-11(10-21)20-14(22)12-9-16-4-5-17-12/h4-7,9,11H,2-3,8,10H2,1H3,(H,20,22)/t11-/m1/s1. The molecule has 2 aromatic heterocycles. The molecule has 8 heteroatoms. The van der Waals surface area contributed by atoms with E-state index in [1.165, 1.54) is 18.6 Å². The summed E-state index contributed by atoms with van der Waals surface area (Å²) < 4.78 is 5.51. The summed E-state index contributed by atoms with van der Waals surface area (Å²) in [4.78, 5) is 30.7. The summed E-state index contributed by atoms with van der Waals surface area (Å²) in [6.45, 7) is 3.88. The highest BCUT2D eigenvalue weighted by molar-refractivity contribution is 5.92. The second-order valence-corrected chi connectivity index (χ2v) is 5.11. The molecule has 2 aromatic rings. The molecule has 8 nitrogen and oxygen atoms in total. The minimum Gasteiger partial charge on any atom is -0.475 e. The summed E-state index contributed by atoms with van der Waals surface area (Å²) in [5, 5.41) is 2.97. The quantitative estimate of drug-likeness (QED) is 0.867. The van der Waals surface area contributed by atoms with E-state index in [0.29, 0.717) is 30.5 Å². The zero-order valence-electron chi connectivity index (χ0n) is 12.8. The lowest BCUT2D eigenvalue weighted by Crippen LogP contribution is -2.37. The van der Waals surface area contributed by atoms with Crippen LogP contribution in [0.2, 0.25) is 0 Å². The highest BCUT2D eigenvalue weighted by Gasteiger charge is 2.27. The zero-order chi connectivity index (χ0) is 16.1. The normalized spacial score (nSPS) is 17.1. The monoisotopic (exact) mass is 314 g/mol. The number of hydrogen-bond acceptors (Lipinski definition) is 7. The largest absolute Gasteiger partial charge is 0.475 e. The van der Waals surface area contributed by atoms with Crippen LogP contribution < -0.4 is 15.0 Å². The molecule has 0 radical (unpaired) electrons. The fourth-order valence-corrected chi connectivity index (χ4v) is 2.52. The summed E-state index contributed by atoms with van der Waals surface area (Å²) in [6, 6.07) is 0.0287. The first-order chi connectivity index (χ1) is 11.3. The smallest absolute Gasteiger partial charge is 0.271 e. The van der Waals surface area contributed by atoms with Crippen LogP contribution in [0.15, 0.2) is 31.0 Å². The first-order valence-corrected chi connectivity index (χ1v) is 7.53. The number of aromatic nitrogens is 4. The van der Waals surface area contributed by atoms with Gasteiger partial charge in [-0.3, -0.25) is 9.78 Å². The summed E-state index contributed by atoms with van der Waals surface area (Å²) in [7, 11) is 0. The second kappa shape index (κ2) is 6.99. The van der Waals surface area contributed by atoms with Crippen LogP contribution in [0.3, 0.4) is 0 Å². The molecule has 23 heavy (non-hydrogen) atoms. The van der Waals surface area contributed by atoms with Gasteiger partial charge in [-0.2, -0.15) is 0 Å². The van der Waals surface area contributed by atoms with Crippen LogP contribution in [0, 0.1) is 0 Å². The number of anilines is 1. The van der Waals surface area contributed by atoms with Gasteiger partial charge >= 0.3 is 0 Å². The molecule has 1 N–H and O–H groups in total. The summed E-state index contributed by atoms with van der Waals surface area (Å²) in [6.07, 6.45) is 8.58. The average Bonchev–Trinajstić information content (AvgIpc) is 3.05. The Hall–Kier alpha value is -2.77. The minimum absolute atomic E-state index is 0.0287. The number of nitrogens with zero attached hydrogens (tertiary/aromatic N) is 5. The fourth-order valence-electron chi connectivity index (χ4n) is 2.52. The van der Waals surface area contributed by atoms with Crippen molar-refractivity contribution in [2.24, 2.45) is 0 Å². The van der Waals surface area contributed by atoms with E-state index < -0.39 is 0 Å². The highest BCUT2D eigenvalue weighted by Crippen LogP contribution is 2.26. The number of ether oxygens (including phenoxy) is 1. The van der Waals surface area contributed by atoms with Crippen molar-refractivity contribution in [2.45, 2.75) is 19.4 Å². The van der Waals surface area contributed by atoms with Crippen molar-refractivity contribution in [3.63, 3.8) is 0 Å². The lowest BCUT2D eigenvalue weighted by atomic mass is 10.2. The van der Waals surface area contributed by atoms with Gasteiger partial charge < -0.3 is 15.0 Å². The third kappa shape index (κ3) is 3.53. The minimum atomic E-state index is -0.214. The van der Waals surface area contributed by atoms with Gasteiger partial charge in [0.25, 0.3) is 11.8 Å². The van der Waals surface area contributed by atoms with E-state index in [4.69, 9.17) is 4.74 Å². The Morgan fingerprint density at radius 3 is 2.91 bits per heavy atom. The van der Waals surface area contributed by atoms with Crippen LogP contribution in [0.25, 0.3) is 0 Å². The van der Waals surface area contributed by atoms with Gasteiger partial charge in [-0.25, -0.2) is 15.0 Å². The van der Waals surface area contributed by atoms with Crippen molar-refractivity contribution in [1.29, 1.82) is 0 Å². The number of hydrogen-bond donors (Lipinski definition) is 1. The maximum atomic E-state index is 12.1. The summed E-state index contributed by atoms with van der Waals surface area (Å²) >= 11 is 0. The first kappa shape index (κ1) is 15.1. The Kier molecular flexibility index (Phi) is 4.60. The van der Waals surface area contributed by atoms with E-state index in [-0.39, 0.29) is 11.9 Å². The third-order valence-corrected chi connectivity index (χ3v) is 3.55. The van der Waals surface area contributed by atoms with Crippen molar-refractivity contribution in [2.75, 3.05) is 24.6 Å². The molecule has 0 saturated carbocycles. The van der Waals surface area contributed by atoms with Crippen molar-refractivity contribution in [3.05, 3.63) is 36.7 Å². The molecule has 0 bridgehead atoms. The van der Waals surface area contributed by atoms with E-state index >= 15 is 0 Å².